The van der Waals surface area contributed by atoms with Crippen molar-refractivity contribution in [3.8, 4) is 0 Å². The van der Waals surface area contributed by atoms with Crippen LogP contribution in [-0.4, -0.2) is 24.0 Å². The molecular weight excluding hydrogens is 98.1 g/mol. The summed E-state index contributed by atoms with van der Waals surface area (Å²) in [6.07, 6.45) is 6.67. The molecule has 0 aromatic carbocycles. The monoisotopic (exact) mass is 110 g/mol. The third kappa shape index (κ3) is 0.576. The van der Waals surface area contributed by atoms with Crippen LogP contribution in [0.15, 0.2) is 0 Å². The Labute approximate surface area is 50.7 Å². The van der Waals surface area contributed by atoms with Crippen LogP contribution in [0.25, 0.3) is 0 Å². The second kappa shape index (κ2) is 1.73. The number of hydrogen-bond donors (Lipinski definition) is 0. The van der Waals surface area contributed by atoms with Crippen LogP contribution in [-0.2, 0) is 0 Å². The fraction of sp³-hybridized carbons (Fsp3) is 0.857. The minimum atomic E-state index is 0.884. The van der Waals surface area contributed by atoms with Gasteiger partial charge < -0.3 is 4.90 Å². The molecule has 2 fully saturated rings. The Kier molecular flexibility index (Phi) is 1.04. The van der Waals surface area contributed by atoms with Gasteiger partial charge in [0.15, 0.2) is 0 Å². The van der Waals surface area contributed by atoms with E-state index in [9.17, 15) is 0 Å². The predicted molar refractivity (Wildman–Crippen MR) is 33.5 cm³/mol. The lowest BCUT2D eigenvalue weighted by Crippen LogP contribution is -2.21. The number of rotatable bonds is 0. The predicted octanol–water partition coefficient (Wildman–Crippen LogP) is 1.06. The Hall–Kier alpha value is -0.0400. The van der Waals surface area contributed by atoms with Crippen molar-refractivity contribution in [3.05, 3.63) is 6.42 Å². The van der Waals surface area contributed by atoms with Gasteiger partial charge in [-0.2, -0.15) is 0 Å². The SMILES string of the molecule is [CH]1CCN2CCCC12. The van der Waals surface area contributed by atoms with Gasteiger partial charge in [-0.05, 0) is 38.8 Å². The lowest BCUT2D eigenvalue weighted by molar-refractivity contribution is 0.337. The molecule has 0 amide bonds. The van der Waals surface area contributed by atoms with E-state index < -0.39 is 0 Å². The van der Waals surface area contributed by atoms with Crippen molar-refractivity contribution in [2.75, 3.05) is 13.1 Å². The summed E-state index contributed by atoms with van der Waals surface area (Å²) in [5.74, 6) is 0. The van der Waals surface area contributed by atoms with E-state index in [0.29, 0.717) is 0 Å². The zero-order valence-electron chi connectivity index (χ0n) is 5.14. The first kappa shape index (κ1) is 4.80. The molecule has 1 heteroatoms. The Morgan fingerprint density at radius 2 is 2.38 bits per heavy atom. The summed E-state index contributed by atoms with van der Waals surface area (Å²) in [4.78, 5) is 2.58. The average molecular weight is 110 g/mol. The molecule has 0 bridgehead atoms. The Morgan fingerprint density at radius 1 is 1.38 bits per heavy atom. The van der Waals surface area contributed by atoms with Crippen LogP contribution in [0.3, 0.4) is 0 Å². The first-order valence-corrected chi connectivity index (χ1v) is 3.54. The van der Waals surface area contributed by atoms with Gasteiger partial charge in [-0.1, -0.05) is 0 Å². The number of fused-ring (bicyclic) bond motifs is 1. The van der Waals surface area contributed by atoms with Gasteiger partial charge in [0.05, 0.1) is 0 Å². The normalized spacial score (nSPS) is 31.5. The molecule has 0 N–H and O–H groups in total. The van der Waals surface area contributed by atoms with Crippen molar-refractivity contribution in [1.29, 1.82) is 0 Å². The number of hydrogen-bond acceptors (Lipinski definition) is 1. The zero-order chi connectivity index (χ0) is 5.40. The summed E-state index contributed by atoms with van der Waals surface area (Å²) in [7, 11) is 0. The molecule has 2 aliphatic heterocycles. The van der Waals surface area contributed by atoms with Gasteiger partial charge in [-0.3, -0.25) is 0 Å². The molecule has 2 heterocycles. The van der Waals surface area contributed by atoms with E-state index in [1.807, 2.05) is 0 Å². The molecular formula is C7H12N. The van der Waals surface area contributed by atoms with Gasteiger partial charge in [-0.15, -0.1) is 0 Å². The third-order valence-corrected chi connectivity index (χ3v) is 2.27. The van der Waals surface area contributed by atoms with Gasteiger partial charge in [0.2, 0.25) is 0 Å². The lowest BCUT2D eigenvalue weighted by atomic mass is 10.2. The summed E-state index contributed by atoms with van der Waals surface area (Å²) in [5.41, 5.74) is 0. The minimum absolute atomic E-state index is 0.884. The second-order valence-corrected chi connectivity index (χ2v) is 2.77. The zero-order valence-corrected chi connectivity index (χ0v) is 5.14. The van der Waals surface area contributed by atoms with Gasteiger partial charge in [0.25, 0.3) is 0 Å². The first-order chi connectivity index (χ1) is 3.97. The highest BCUT2D eigenvalue weighted by Gasteiger charge is 2.28. The maximum absolute atomic E-state index is 2.58. The molecule has 1 unspecified atom stereocenters. The van der Waals surface area contributed by atoms with Crippen LogP contribution in [0.5, 0.6) is 0 Å². The summed E-state index contributed by atoms with van der Waals surface area (Å²) in [6.45, 7) is 2.70. The largest absolute Gasteiger partial charge is 0.300 e. The van der Waals surface area contributed by atoms with Crippen molar-refractivity contribution in [3.63, 3.8) is 0 Å². The average Bonchev–Trinajstić information content (AvgIpc) is 2.15. The smallest absolute Gasteiger partial charge is 0.0128 e. The Morgan fingerprint density at radius 3 is 3.25 bits per heavy atom. The fourth-order valence-corrected chi connectivity index (χ4v) is 1.83. The Bertz CT molecular complexity index is 70.4. The molecule has 1 nitrogen and oxygen atoms in total. The molecule has 0 aromatic rings. The van der Waals surface area contributed by atoms with E-state index in [0.717, 1.165) is 6.04 Å². The van der Waals surface area contributed by atoms with E-state index in [1.165, 1.54) is 32.4 Å². The molecule has 2 saturated heterocycles. The number of nitrogens with zero attached hydrogens (tertiary/aromatic N) is 1. The van der Waals surface area contributed by atoms with Gasteiger partial charge in [0.1, 0.15) is 0 Å². The van der Waals surface area contributed by atoms with Crippen LogP contribution in [0.1, 0.15) is 19.3 Å². The molecule has 2 aliphatic rings. The first-order valence-electron chi connectivity index (χ1n) is 3.54. The topological polar surface area (TPSA) is 3.24 Å². The molecule has 2 rings (SSSR count). The molecule has 0 saturated carbocycles. The van der Waals surface area contributed by atoms with E-state index in [2.05, 4.69) is 11.3 Å². The molecule has 0 spiro atoms. The third-order valence-electron chi connectivity index (χ3n) is 2.27. The van der Waals surface area contributed by atoms with Crippen molar-refractivity contribution in [1.82, 2.24) is 4.90 Å². The van der Waals surface area contributed by atoms with Crippen LogP contribution < -0.4 is 0 Å². The molecule has 45 valence electrons. The maximum Gasteiger partial charge on any atom is 0.0128 e. The highest BCUT2D eigenvalue weighted by Crippen LogP contribution is 2.25. The fourth-order valence-electron chi connectivity index (χ4n) is 1.83. The molecule has 1 radical (unpaired) electrons. The second-order valence-electron chi connectivity index (χ2n) is 2.77. The molecule has 8 heavy (non-hydrogen) atoms. The van der Waals surface area contributed by atoms with Crippen molar-refractivity contribution in [2.45, 2.75) is 25.3 Å². The van der Waals surface area contributed by atoms with Crippen molar-refractivity contribution >= 4 is 0 Å². The maximum atomic E-state index is 2.58. The summed E-state index contributed by atoms with van der Waals surface area (Å²) in [6, 6.07) is 0.884. The summed E-state index contributed by atoms with van der Waals surface area (Å²) in [5, 5.41) is 0. The van der Waals surface area contributed by atoms with Crippen molar-refractivity contribution < 1.29 is 0 Å². The van der Waals surface area contributed by atoms with E-state index >= 15 is 0 Å². The standard InChI is InChI=1S/C7H12N/c1-3-7-4-2-6-8(7)5-1/h3,7H,1-2,4-6H2. The quantitative estimate of drug-likeness (QED) is 0.450. The van der Waals surface area contributed by atoms with Crippen molar-refractivity contribution in [2.24, 2.45) is 0 Å². The minimum Gasteiger partial charge on any atom is -0.300 e. The van der Waals surface area contributed by atoms with Gasteiger partial charge in [0, 0.05) is 6.04 Å². The highest BCUT2D eigenvalue weighted by molar-refractivity contribution is 4.96. The Balaban J connectivity index is 2.04. The molecule has 0 aliphatic carbocycles. The van der Waals surface area contributed by atoms with E-state index in [1.54, 1.807) is 0 Å². The van der Waals surface area contributed by atoms with Crippen LogP contribution in [0, 0.1) is 6.42 Å². The van der Waals surface area contributed by atoms with E-state index in [-0.39, 0.29) is 0 Å². The van der Waals surface area contributed by atoms with Crippen LogP contribution in [0.4, 0.5) is 0 Å². The van der Waals surface area contributed by atoms with Crippen LogP contribution >= 0.6 is 0 Å². The summed E-state index contributed by atoms with van der Waals surface area (Å²) >= 11 is 0. The van der Waals surface area contributed by atoms with E-state index in [4.69, 9.17) is 0 Å². The highest BCUT2D eigenvalue weighted by atomic mass is 15.2. The molecule has 0 aromatic heterocycles. The van der Waals surface area contributed by atoms with Gasteiger partial charge in [-0.25, -0.2) is 0 Å². The van der Waals surface area contributed by atoms with Crippen LogP contribution in [0.2, 0.25) is 0 Å². The molecule has 1 atom stereocenters. The summed E-state index contributed by atoms with van der Waals surface area (Å²) < 4.78 is 0. The lowest BCUT2D eigenvalue weighted by Gasteiger charge is -2.11. The van der Waals surface area contributed by atoms with Gasteiger partial charge >= 0.3 is 0 Å².